The summed E-state index contributed by atoms with van der Waals surface area (Å²) in [5, 5.41) is 0. The minimum Gasteiger partial charge on any atom is -0.336 e. The molecule has 0 bridgehead atoms. The molecular formula is C20H20N2O2S. The van der Waals surface area contributed by atoms with Gasteiger partial charge in [-0.15, -0.1) is 0 Å². The van der Waals surface area contributed by atoms with Gasteiger partial charge in [-0.05, 0) is 36.6 Å². The summed E-state index contributed by atoms with van der Waals surface area (Å²) in [6.07, 6.45) is 0.837. The van der Waals surface area contributed by atoms with Gasteiger partial charge in [-0.3, -0.25) is 9.59 Å². The van der Waals surface area contributed by atoms with E-state index < -0.39 is 4.75 Å². The standard InChI is InChI=1S/C20H20N2O2S/c1-20(18(23)21(2)16-9-5-6-10-17(16)25-20)19(24)22-12-11-14-7-3-4-8-15(14)13-22/h3-10H,11-13H2,1-2H3. The van der Waals surface area contributed by atoms with Crippen LogP contribution in [0.1, 0.15) is 18.1 Å². The number of amides is 2. The summed E-state index contributed by atoms with van der Waals surface area (Å²) in [5.41, 5.74) is 3.33. The molecule has 25 heavy (non-hydrogen) atoms. The Morgan fingerprint density at radius 3 is 2.56 bits per heavy atom. The summed E-state index contributed by atoms with van der Waals surface area (Å²) < 4.78 is -1.12. The predicted octanol–water partition coefficient (Wildman–Crippen LogP) is 3.10. The van der Waals surface area contributed by atoms with Gasteiger partial charge < -0.3 is 9.80 Å². The zero-order valence-corrected chi connectivity index (χ0v) is 15.2. The number of hydrogen-bond acceptors (Lipinski definition) is 3. The first-order valence-corrected chi connectivity index (χ1v) is 9.25. The van der Waals surface area contributed by atoms with Gasteiger partial charge in [0.15, 0.2) is 4.75 Å². The molecule has 4 nitrogen and oxygen atoms in total. The third-order valence-electron chi connectivity index (χ3n) is 5.08. The van der Waals surface area contributed by atoms with Crippen molar-refractivity contribution in [2.45, 2.75) is 29.5 Å². The Bertz CT molecular complexity index is 866. The molecule has 0 N–H and O–H groups in total. The lowest BCUT2D eigenvalue weighted by Gasteiger charge is -2.41. The SMILES string of the molecule is CN1C(=O)C(C)(C(=O)N2CCc3ccccc3C2)Sc2ccccc21. The zero-order valence-electron chi connectivity index (χ0n) is 14.4. The maximum Gasteiger partial charge on any atom is 0.252 e. The van der Waals surface area contributed by atoms with Crippen LogP contribution in [0.2, 0.25) is 0 Å². The molecule has 0 aromatic heterocycles. The highest BCUT2D eigenvalue weighted by atomic mass is 32.2. The van der Waals surface area contributed by atoms with Gasteiger partial charge in [0.05, 0.1) is 5.69 Å². The predicted molar refractivity (Wildman–Crippen MR) is 99.7 cm³/mol. The van der Waals surface area contributed by atoms with Crippen LogP contribution in [-0.2, 0) is 22.6 Å². The molecule has 0 radical (unpaired) electrons. The second-order valence-corrected chi connectivity index (χ2v) is 8.17. The lowest BCUT2D eigenvalue weighted by molar-refractivity contribution is -0.139. The molecule has 4 rings (SSSR count). The Balaban J connectivity index is 1.65. The summed E-state index contributed by atoms with van der Waals surface area (Å²) in [6, 6.07) is 16.0. The van der Waals surface area contributed by atoms with Crippen molar-refractivity contribution < 1.29 is 9.59 Å². The molecule has 5 heteroatoms. The molecule has 0 spiro atoms. The van der Waals surface area contributed by atoms with Crippen molar-refractivity contribution >= 4 is 29.3 Å². The fraction of sp³-hybridized carbons (Fsp3) is 0.300. The highest BCUT2D eigenvalue weighted by Crippen LogP contribution is 2.45. The van der Waals surface area contributed by atoms with Gasteiger partial charge in [0.1, 0.15) is 0 Å². The second kappa shape index (κ2) is 5.92. The minimum absolute atomic E-state index is 0.0987. The molecular weight excluding hydrogens is 332 g/mol. The van der Waals surface area contributed by atoms with Crippen LogP contribution in [0.5, 0.6) is 0 Å². The number of carbonyl (C=O) groups excluding carboxylic acids is 2. The molecule has 2 aromatic carbocycles. The van der Waals surface area contributed by atoms with E-state index in [1.165, 1.54) is 22.9 Å². The maximum absolute atomic E-state index is 13.3. The van der Waals surface area contributed by atoms with Crippen LogP contribution in [0.4, 0.5) is 5.69 Å². The van der Waals surface area contributed by atoms with Crippen molar-refractivity contribution in [3.63, 3.8) is 0 Å². The molecule has 128 valence electrons. The van der Waals surface area contributed by atoms with Gasteiger partial charge in [0.25, 0.3) is 5.91 Å². The monoisotopic (exact) mass is 352 g/mol. The maximum atomic E-state index is 13.3. The number of thioether (sulfide) groups is 1. The zero-order chi connectivity index (χ0) is 17.6. The van der Waals surface area contributed by atoms with E-state index in [1.54, 1.807) is 18.9 Å². The van der Waals surface area contributed by atoms with Gasteiger partial charge in [-0.2, -0.15) is 0 Å². The molecule has 2 aromatic rings. The Kier molecular flexibility index (Phi) is 3.84. The van der Waals surface area contributed by atoms with Crippen LogP contribution in [0.15, 0.2) is 53.4 Å². The Morgan fingerprint density at radius 2 is 1.76 bits per heavy atom. The highest BCUT2D eigenvalue weighted by molar-refractivity contribution is 8.02. The van der Waals surface area contributed by atoms with E-state index in [4.69, 9.17) is 0 Å². The molecule has 0 saturated heterocycles. The third-order valence-corrected chi connectivity index (χ3v) is 6.40. The normalized spacial score (nSPS) is 22.4. The fourth-order valence-corrected chi connectivity index (χ4v) is 4.96. The molecule has 1 atom stereocenters. The lowest BCUT2D eigenvalue weighted by Crippen LogP contribution is -2.57. The van der Waals surface area contributed by atoms with Gasteiger partial charge in [0, 0.05) is 25.0 Å². The number of benzene rings is 2. The third kappa shape index (κ3) is 2.54. The average Bonchev–Trinajstić information content (AvgIpc) is 2.65. The molecule has 0 aliphatic carbocycles. The number of para-hydroxylation sites is 1. The van der Waals surface area contributed by atoms with E-state index in [2.05, 4.69) is 12.1 Å². The summed E-state index contributed by atoms with van der Waals surface area (Å²) in [5.74, 6) is -0.251. The van der Waals surface area contributed by atoms with Crippen LogP contribution in [0, 0.1) is 0 Å². The summed E-state index contributed by atoms with van der Waals surface area (Å²) in [6.45, 7) is 2.99. The minimum atomic E-state index is -1.12. The van der Waals surface area contributed by atoms with Gasteiger partial charge in [-0.25, -0.2) is 0 Å². The first-order valence-electron chi connectivity index (χ1n) is 8.43. The number of anilines is 1. The van der Waals surface area contributed by atoms with Crippen molar-refractivity contribution in [2.24, 2.45) is 0 Å². The lowest BCUT2D eigenvalue weighted by atomic mass is 9.98. The van der Waals surface area contributed by atoms with E-state index >= 15 is 0 Å². The van der Waals surface area contributed by atoms with E-state index in [0.717, 1.165) is 17.0 Å². The molecule has 1 unspecified atom stereocenters. The number of hydrogen-bond donors (Lipinski definition) is 0. The Morgan fingerprint density at radius 1 is 1.08 bits per heavy atom. The molecule has 0 saturated carbocycles. The topological polar surface area (TPSA) is 40.6 Å². The van der Waals surface area contributed by atoms with Gasteiger partial charge >= 0.3 is 0 Å². The Hall–Kier alpha value is -2.27. The van der Waals surface area contributed by atoms with Crippen LogP contribution in [0.25, 0.3) is 0 Å². The smallest absolute Gasteiger partial charge is 0.252 e. The second-order valence-electron chi connectivity index (χ2n) is 6.71. The van der Waals surface area contributed by atoms with Crippen LogP contribution in [-0.4, -0.2) is 35.1 Å². The van der Waals surface area contributed by atoms with E-state index in [-0.39, 0.29) is 11.8 Å². The highest BCUT2D eigenvalue weighted by Gasteiger charge is 2.50. The van der Waals surface area contributed by atoms with Crippen LogP contribution >= 0.6 is 11.8 Å². The average molecular weight is 352 g/mol. The molecule has 2 amide bonds. The molecule has 2 aliphatic rings. The molecule has 2 heterocycles. The quantitative estimate of drug-likeness (QED) is 0.741. The molecule has 0 fully saturated rings. The van der Waals surface area contributed by atoms with E-state index in [9.17, 15) is 9.59 Å². The van der Waals surface area contributed by atoms with Crippen molar-refractivity contribution in [1.29, 1.82) is 0 Å². The van der Waals surface area contributed by atoms with Crippen LogP contribution < -0.4 is 4.90 Å². The number of rotatable bonds is 1. The number of carbonyl (C=O) groups is 2. The summed E-state index contributed by atoms with van der Waals surface area (Å²) in [7, 11) is 1.75. The van der Waals surface area contributed by atoms with Crippen molar-refractivity contribution in [1.82, 2.24) is 4.90 Å². The first kappa shape index (κ1) is 16.2. The Labute approximate surface area is 151 Å². The largest absolute Gasteiger partial charge is 0.336 e. The fourth-order valence-electron chi connectivity index (χ4n) is 3.62. The van der Waals surface area contributed by atoms with Gasteiger partial charge in [-0.1, -0.05) is 48.2 Å². The van der Waals surface area contributed by atoms with E-state index in [0.29, 0.717) is 13.1 Å². The van der Waals surface area contributed by atoms with Gasteiger partial charge in [0.2, 0.25) is 5.91 Å². The van der Waals surface area contributed by atoms with Crippen molar-refractivity contribution in [3.8, 4) is 0 Å². The summed E-state index contributed by atoms with van der Waals surface area (Å²) >= 11 is 1.37. The van der Waals surface area contributed by atoms with Crippen molar-refractivity contribution in [2.75, 3.05) is 18.5 Å². The first-order chi connectivity index (χ1) is 12.0. The number of fused-ring (bicyclic) bond motifs is 2. The summed E-state index contributed by atoms with van der Waals surface area (Å²) in [4.78, 5) is 30.7. The van der Waals surface area contributed by atoms with Crippen LogP contribution in [0.3, 0.4) is 0 Å². The number of nitrogens with zero attached hydrogens (tertiary/aromatic N) is 2. The van der Waals surface area contributed by atoms with E-state index in [1.807, 2.05) is 41.3 Å². The van der Waals surface area contributed by atoms with Crippen molar-refractivity contribution in [3.05, 3.63) is 59.7 Å². The molecule has 2 aliphatic heterocycles.